The van der Waals surface area contributed by atoms with Crippen LogP contribution in [0.3, 0.4) is 0 Å². The second-order valence-corrected chi connectivity index (χ2v) is 7.46. The van der Waals surface area contributed by atoms with Gasteiger partial charge in [-0.25, -0.2) is 0 Å². The topological polar surface area (TPSA) is 61.4 Å². The van der Waals surface area contributed by atoms with Crippen LogP contribution in [-0.2, 0) is 10.2 Å². The quantitative estimate of drug-likeness (QED) is 0.857. The van der Waals surface area contributed by atoms with Crippen LogP contribution in [0.5, 0.6) is 0 Å². The van der Waals surface area contributed by atoms with Crippen molar-refractivity contribution in [2.24, 2.45) is 0 Å². The van der Waals surface area contributed by atoms with Crippen molar-refractivity contribution in [1.82, 2.24) is 9.62 Å². The molecule has 1 unspecified atom stereocenters. The van der Waals surface area contributed by atoms with Crippen LogP contribution in [0.4, 0.5) is 5.69 Å². The Morgan fingerprint density at radius 2 is 1.95 bits per heavy atom. The Bertz CT molecular complexity index is 573. The minimum absolute atomic E-state index is 0.0532. The average molecular weight is 352 g/mol. The van der Waals surface area contributed by atoms with Gasteiger partial charge in [-0.2, -0.15) is 12.7 Å². The SMILES string of the molecule is CNCC1CCCCN1S(=O)(=O)Nc1c(Cl)cccc1Cl. The number of para-hydroxylation sites is 1. The maximum absolute atomic E-state index is 12.6. The fraction of sp³-hybridized carbons (Fsp3) is 0.538. The van der Waals surface area contributed by atoms with Gasteiger partial charge in [0.1, 0.15) is 0 Å². The predicted octanol–water partition coefficient (Wildman–Crippen LogP) is 2.72. The summed E-state index contributed by atoms with van der Waals surface area (Å²) in [7, 11) is -1.86. The summed E-state index contributed by atoms with van der Waals surface area (Å²) in [5.41, 5.74) is 0.231. The first-order chi connectivity index (χ1) is 9.95. The molecule has 1 aromatic carbocycles. The van der Waals surface area contributed by atoms with Crippen molar-refractivity contribution in [1.29, 1.82) is 0 Å². The van der Waals surface area contributed by atoms with Gasteiger partial charge in [-0.05, 0) is 32.0 Å². The standard InChI is InChI=1S/C13H19Cl2N3O2S/c1-16-9-10-5-2-3-8-18(10)21(19,20)17-13-11(14)6-4-7-12(13)15/h4,6-7,10,16-17H,2-3,5,8-9H2,1H3. The molecule has 5 nitrogen and oxygen atoms in total. The summed E-state index contributed by atoms with van der Waals surface area (Å²) in [6.45, 7) is 1.13. The summed E-state index contributed by atoms with van der Waals surface area (Å²) in [6.07, 6.45) is 2.74. The summed E-state index contributed by atoms with van der Waals surface area (Å²) in [5.74, 6) is 0. The molecule has 1 fully saturated rings. The van der Waals surface area contributed by atoms with Crippen LogP contribution in [0, 0.1) is 0 Å². The van der Waals surface area contributed by atoms with E-state index in [1.807, 2.05) is 7.05 Å². The number of rotatable bonds is 5. The molecule has 2 rings (SSSR count). The Kier molecular flexibility index (Phi) is 5.73. The number of hydrogen-bond acceptors (Lipinski definition) is 3. The molecule has 1 aromatic rings. The zero-order valence-corrected chi connectivity index (χ0v) is 14.1. The first-order valence-electron chi connectivity index (χ1n) is 6.84. The molecule has 0 spiro atoms. The molecule has 8 heteroatoms. The minimum atomic E-state index is -3.68. The molecule has 1 saturated heterocycles. The number of nitrogens with one attached hydrogen (secondary N) is 2. The van der Waals surface area contributed by atoms with Crippen molar-refractivity contribution in [2.45, 2.75) is 25.3 Å². The van der Waals surface area contributed by atoms with Gasteiger partial charge in [0.25, 0.3) is 0 Å². The zero-order valence-electron chi connectivity index (χ0n) is 11.8. The summed E-state index contributed by atoms with van der Waals surface area (Å²) in [4.78, 5) is 0. The molecule has 1 atom stereocenters. The fourth-order valence-corrected chi connectivity index (χ4v) is 4.65. The van der Waals surface area contributed by atoms with E-state index in [0.717, 1.165) is 19.3 Å². The third kappa shape index (κ3) is 4.02. The van der Waals surface area contributed by atoms with Crippen LogP contribution < -0.4 is 10.0 Å². The van der Waals surface area contributed by atoms with E-state index in [1.165, 1.54) is 4.31 Å². The number of benzene rings is 1. The molecule has 118 valence electrons. The van der Waals surface area contributed by atoms with Gasteiger partial charge in [-0.3, -0.25) is 4.72 Å². The van der Waals surface area contributed by atoms with E-state index in [1.54, 1.807) is 18.2 Å². The van der Waals surface area contributed by atoms with Crippen LogP contribution in [-0.4, -0.2) is 38.9 Å². The summed E-state index contributed by atoms with van der Waals surface area (Å²) in [6, 6.07) is 4.83. The third-order valence-electron chi connectivity index (χ3n) is 3.52. The average Bonchev–Trinajstić information content (AvgIpc) is 2.44. The van der Waals surface area contributed by atoms with Crippen LogP contribution in [0.15, 0.2) is 18.2 Å². The number of anilines is 1. The van der Waals surface area contributed by atoms with Gasteiger partial charge < -0.3 is 5.32 Å². The van der Waals surface area contributed by atoms with E-state index in [9.17, 15) is 8.42 Å². The van der Waals surface area contributed by atoms with Crippen LogP contribution >= 0.6 is 23.2 Å². The molecule has 1 aliphatic heterocycles. The van der Waals surface area contributed by atoms with Gasteiger partial charge in [0, 0.05) is 19.1 Å². The number of piperidine rings is 1. The first-order valence-corrected chi connectivity index (χ1v) is 9.03. The summed E-state index contributed by atoms with van der Waals surface area (Å²) >= 11 is 12.1. The lowest BCUT2D eigenvalue weighted by Gasteiger charge is -2.34. The second-order valence-electron chi connectivity index (χ2n) is 5.02. The fourth-order valence-electron chi connectivity index (χ4n) is 2.51. The molecule has 0 radical (unpaired) electrons. The van der Waals surface area contributed by atoms with E-state index in [2.05, 4.69) is 10.0 Å². The minimum Gasteiger partial charge on any atom is -0.318 e. The zero-order chi connectivity index (χ0) is 15.5. The summed E-state index contributed by atoms with van der Waals surface area (Å²) in [5, 5.41) is 3.61. The van der Waals surface area contributed by atoms with Gasteiger partial charge in [-0.15, -0.1) is 0 Å². The van der Waals surface area contributed by atoms with E-state index in [0.29, 0.717) is 13.1 Å². The van der Waals surface area contributed by atoms with Crippen molar-refractivity contribution in [3.63, 3.8) is 0 Å². The molecule has 1 heterocycles. The largest absolute Gasteiger partial charge is 0.318 e. The van der Waals surface area contributed by atoms with Crippen LogP contribution in [0.1, 0.15) is 19.3 Å². The number of halogens is 2. The van der Waals surface area contributed by atoms with Gasteiger partial charge in [0.05, 0.1) is 15.7 Å². The molecule has 21 heavy (non-hydrogen) atoms. The monoisotopic (exact) mass is 351 g/mol. The first kappa shape index (κ1) is 16.8. The maximum Gasteiger partial charge on any atom is 0.302 e. The second kappa shape index (κ2) is 7.15. The number of hydrogen-bond donors (Lipinski definition) is 2. The van der Waals surface area contributed by atoms with E-state index < -0.39 is 10.2 Å². The molecule has 0 amide bonds. The van der Waals surface area contributed by atoms with Gasteiger partial charge in [0.2, 0.25) is 0 Å². The lowest BCUT2D eigenvalue weighted by Crippen LogP contribution is -2.50. The van der Waals surface area contributed by atoms with E-state index >= 15 is 0 Å². The Hall–Kier alpha value is -0.530. The van der Waals surface area contributed by atoms with Crippen molar-refractivity contribution >= 4 is 39.1 Å². The van der Waals surface area contributed by atoms with Gasteiger partial charge in [-0.1, -0.05) is 35.7 Å². The molecule has 0 saturated carbocycles. The van der Waals surface area contributed by atoms with Crippen molar-refractivity contribution in [3.8, 4) is 0 Å². The maximum atomic E-state index is 12.6. The number of nitrogens with zero attached hydrogens (tertiary/aromatic N) is 1. The van der Waals surface area contributed by atoms with E-state index in [4.69, 9.17) is 23.2 Å². The van der Waals surface area contributed by atoms with Gasteiger partial charge in [0.15, 0.2) is 0 Å². The van der Waals surface area contributed by atoms with Crippen molar-refractivity contribution in [2.75, 3.05) is 24.9 Å². The highest BCUT2D eigenvalue weighted by Gasteiger charge is 2.32. The van der Waals surface area contributed by atoms with Crippen LogP contribution in [0.2, 0.25) is 10.0 Å². The highest BCUT2D eigenvalue weighted by molar-refractivity contribution is 7.90. The van der Waals surface area contributed by atoms with Crippen molar-refractivity contribution in [3.05, 3.63) is 28.2 Å². The third-order valence-corrected chi connectivity index (χ3v) is 5.71. The summed E-state index contributed by atoms with van der Waals surface area (Å²) < 4.78 is 29.2. The molecule has 0 aromatic heterocycles. The highest BCUT2D eigenvalue weighted by Crippen LogP contribution is 2.32. The number of likely N-dealkylation sites (N-methyl/N-ethyl adjacent to an activating group) is 1. The normalized spacial score (nSPS) is 20.4. The Morgan fingerprint density at radius 1 is 1.29 bits per heavy atom. The Morgan fingerprint density at radius 3 is 2.57 bits per heavy atom. The van der Waals surface area contributed by atoms with E-state index in [-0.39, 0.29) is 21.8 Å². The predicted molar refractivity (Wildman–Crippen MR) is 87.3 cm³/mol. The smallest absolute Gasteiger partial charge is 0.302 e. The Balaban J connectivity index is 2.24. The molecule has 1 aliphatic rings. The van der Waals surface area contributed by atoms with Crippen LogP contribution in [0.25, 0.3) is 0 Å². The molecule has 0 aliphatic carbocycles. The van der Waals surface area contributed by atoms with Gasteiger partial charge >= 0.3 is 10.2 Å². The Labute approximate surface area is 135 Å². The molecular weight excluding hydrogens is 333 g/mol. The molecule has 2 N–H and O–H groups in total. The molecule has 0 bridgehead atoms. The lowest BCUT2D eigenvalue weighted by atomic mass is 10.1. The lowest BCUT2D eigenvalue weighted by molar-refractivity contribution is 0.250. The molecular formula is C13H19Cl2N3O2S. The highest BCUT2D eigenvalue weighted by atomic mass is 35.5. The van der Waals surface area contributed by atoms with Crippen molar-refractivity contribution < 1.29 is 8.42 Å².